The van der Waals surface area contributed by atoms with Crippen molar-refractivity contribution in [1.82, 2.24) is 19.7 Å². The Morgan fingerprint density at radius 1 is 1.21 bits per heavy atom. The molecule has 1 saturated heterocycles. The average molecular weight is 383 g/mol. The van der Waals surface area contributed by atoms with E-state index in [2.05, 4.69) is 28.4 Å². The molecule has 7 heteroatoms. The Kier molecular flexibility index (Phi) is 5.62. The minimum absolute atomic E-state index is 0.213. The van der Waals surface area contributed by atoms with Crippen LogP contribution >= 0.6 is 0 Å². The fourth-order valence-electron chi connectivity index (χ4n) is 4.07. The van der Waals surface area contributed by atoms with Gasteiger partial charge in [-0.15, -0.1) is 0 Å². The van der Waals surface area contributed by atoms with E-state index in [1.54, 1.807) is 0 Å². The topological polar surface area (TPSA) is 63.5 Å². The summed E-state index contributed by atoms with van der Waals surface area (Å²) in [5.74, 6) is 1.20. The Morgan fingerprint density at radius 2 is 2.04 bits per heavy atom. The van der Waals surface area contributed by atoms with Gasteiger partial charge in [0, 0.05) is 68.9 Å². The van der Waals surface area contributed by atoms with Crippen LogP contribution in [0.3, 0.4) is 0 Å². The number of hydrogen-bond donors (Lipinski definition) is 0. The number of ether oxygens (including phenoxy) is 1. The average Bonchev–Trinajstić information content (AvgIpc) is 3.12. The lowest BCUT2D eigenvalue weighted by Gasteiger charge is -2.35. The molecule has 0 unspecified atom stereocenters. The number of hydrogen-bond acceptors (Lipinski definition) is 5. The minimum Gasteiger partial charge on any atom is -0.376 e. The molecule has 0 aromatic carbocycles. The highest BCUT2D eigenvalue weighted by molar-refractivity contribution is 5.76. The number of piperazine rings is 1. The van der Waals surface area contributed by atoms with Gasteiger partial charge in [-0.25, -0.2) is 4.98 Å². The van der Waals surface area contributed by atoms with E-state index in [1.807, 2.05) is 29.3 Å². The normalized spacial score (nSPS) is 17.1. The van der Waals surface area contributed by atoms with Gasteiger partial charge in [-0.05, 0) is 26.0 Å². The van der Waals surface area contributed by atoms with E-state index < -0.39 is 0 Å². The Labute approximate surface area is 166 Å². The number of fused-ring (bicyclic) bond motifs is 1. The van der Waals surface area contributed by atoms with Crippen LogP contribution < -0.4 is 4.90 Å². The fourth-order valence-corrected chi connectivity index (χ4v) is 4.07. The second-order valence-electron chi connectivity index (χ2n) is 7.77. The molecule has 4 heterocycles. The molecule has 0 saturated carbocycles. The van der Waals surface area contributed by atoms with Crippen LogP contribution in [0, 0.1) is 0 Å². The van der Waals surface area contributed by atoms with Gasteiger partial charge >= 0.3 is 0 Å². The Hall–Kier alpha value is -2.41. The first-order valence-electron chi connectivity index (χ1n) is 10.2. The van der Waals surface area contributed by atoms with Gasteiger partial charge in [0.05, 0.1) is 18.9 Å². The summed E-state index contributed by atoms with van der Waals surface area (Å²) in [5.41, 5.74) is 3.52. The van der Waals surface area contributed by atoms with Crippen molar-refractivity contribution in [3.8, 4) is 0 Å². The SMILES string of the molecule is CC(C)n1nc(CCC(=O)N2CCN(c3ccccn3)CC2)c2c1CCOC2. The highest BCUT2D eigenvalue weighted by Gasteiger charge is 2.25. The molecular formula is C21H29N5O2. The van der Waals surface area contributed by atoms with Crippen molar-refractivity contribution in [3.05, 3.63) is 41.3 Å². The number of carbonyl (C=O) groups excluding carboxylic acids is 1. The highest BCUT2D eigenvalue weighted by atomic mass is 16.5. The minimum atomic E-state index is 0.213. The molecule has 0 spiro atoms. The van der Waals surface area contributed by atoms with Crippen LogP contribution in [0.1, 0.15) is 43.3 Å². The molecule has 1 fully saturated rings. The first-order chi connectivity index (χ1) is 13.6. The number of aryl methyl sites for hydroxylation is 1. The lowest BCUT2D eigenvalue weighted by molar-refractivity contribution is -0.131. The largest absolute Gasteiger partial charge is 0.376 e. The molecule has 4 rings (SSSR count). The third kappa shape index (κ3) is 3.90. The summed E-state index contributed by atoms with van der Waals surface area (Å²) >= 11 is 0. The molecule has 2 aliphatic rings. The summed E-state index contributed by atoms with van der Waals surface area (Å²) in [6.45, 7) is 8.83. The van der Waals surface area contributed by atoms with E-state index in [-0.39, 0.29) is 5.91 Å². The van der Waals surface area contributed by atoms with Crippen molar-refractivity contribution >= 4 is 11.7 Å². The molecule has 1 amide bonds. The van der Waals surface area contributed by atoms with Crippen LogP contribution in [0.15, 0.2) is 24.4 Å². The molecule has 2 aromatic heterocycles. The lowest BCUT2D eigenvalue weighted by atomic mass is 10.1. The number of carbonyl (C=O) groups is 1. The molecule has 0 radical (unpaired) electrons. The Balaban J connectivity index is 1.34. The van der Waals surface area contributed by atoms with Crippen molar-refractivity contribution in [2.45, 2.75) is 45.8 Å². The van der Waals surface area contributed by atoms with Crippen LogP contribution in [0.2, 0.25) is 0 Å². The van der Waals surface area contributed by atoms with Crippen molar-refractivity contribution in [2.24, 2.45) is 0 Å². The molecule has 2 aliphatic heterocycles. The Bertz CT molecular complexity index is 810. The third-order valence-electron chi connectivity index (χ3n) is 5.60. The molecule has 7 nitrogen and oxygen atoms in total. The zero-order valence-corrected chi connectivity index (χ0v) is 16.8. The quantitative estimate of drug-likeness (QED) is 0.792. The molecule has 0 atom stereocenters. The Morgan fingerprint density at radius 3 is 2.75 bits per heavy atom. The van der Waals surface area contributed by atoms with Gasteiger partial charge < -0.3 is 14.5 Å². The van der Waals surface area contributed by atoms with E-state index in [0.717, 1.165) is 50.7 Å². The number of rotatable bonds is 5. The molecule has 0 N–H and O–H groups in total. The monoisotopic (exact) mass is 383 g/mol. The predicted octanol–water partition coefficient (Wildman–Crippen LogP) is 2.21. The molecule has 150 valence electrons. The third-order valence-corrected chi connectivity index (χ3v) is 5.60. The zero-order valence-electron chi connectivity index (χ0n) is 16.8. The summed E-state index contributed by atoms with van der Waals surface area (Å²) < 4.78 is 7.76. The summed E-state index contributed by atoms with van der Waals surface area (Å²) in [6, 6.07) is 6.28. The van der Waals surface area contributed by atoms with Crippen LogP contribution in [0.25, 0.3) is 0 Å². The summed E-state index contributed by atoms with van der Waals surface area (Å²) in [7, 11) is 0. The van der Waals surface area contributed by atoms with Gasteiger partial charge in [0.25, 0.3) is 0 Å². The van der Waals surface area contributed by atoms with Crippen molar-refractivity contribution in [1.29, 1.82) is 0 Å². The summed E-state index contributed by atoms with van der Waals surface area (Å²) in [5, 5.41) is 4.81. The maximum atomic E-state index is 12.7. The van der Waals surface area contributed by atoms with E-state index in [0.29, 0.717) is 25.5 Å². The second-order valence-corrected chi connectivity index (χ2v) is 7.77. The van der Waals surface area contributed by atoms with Gasteiger partial charge in [-0.1, -0.05) is 6.07 Å². The van der Waals surface area contributed by atoms with Crippen molar-refractivity contribution in [2.75, 3.05) is 37.7 Å². The maximum absolute atomic E-state index is 12.7. The van der Waals surface area contributed by atoms with Crippen LogP contribution in [-0.2, 0) is 29.0 Å². The van der Waals surface area contributed by atoms with Gasteiger partial charge in [0.15, 0.2) is 0 Å². The number of aromatic nitrogens is 3. The molecule has 0 aliphatic carbocycles. The van der Waals surface area contributed by atoms with Crippen molar-refractivity contribution in [3.63, 3.8) is 0 Å². The molecule has 2 aromatic rings. The summed E-state index contributed by atoms with van der Waals surface area (Å²) in [4.78, 5) is 21.4. The second kappa shape index (κ2) is 8.31. The first-order valence-corrected chi connectivity index (χ1v) is 10.2. The molecule has 0 bridgehead atoms. The number of nitrogens with zero attached hydrogens (tertiary/aromatic N) is 5. The van der Waals surface area contributed by atoms with E-state index >= 15 is 0 Å². The smallest absolute Gasteiger partial charge is 0.223 e. The maximum Gasteiger partial charge on any atom is 0.223 e. The van der Waals surface area contributed by atoms with Gasteiger partial charge in [0.2, 0.25) is 5.91 Å². The van der Waals surface area contributed by atoms with E-state index in [1.165, 1.54) is 11.3 Å². The van der Waals surface area contributed by atoms with Crippen molar-refractivity contribution < 1.29 is 9.53 Å². The zero-order chi connectivity index (χ0) is 19.5. The number of amides is 1. The number of pyridine rings is 1. The van der Waals surface area contributed by atoms with Crippen LogP contribution in [-0.4, -0.2) is 58.4 Å². The number of anilines is 1. The molecule has 28 heavy (non-hydrogen) atoms. The van der Waals surface area contributed by atoms with Gasteiger partial charge in [-0.2, -0.15) is 5.10 Å². The van der Waals surface area contributed by atoms with E-state index in [9.17, 15) is 4.79 Å². The lowest BCUT2D eigenvalue weighted by Crippen LogP contribution is -2.49. The highest BCUT2D eigenvalue weighted by Crippen LogP contribution is 2.25. The van der Waals surface area contributed by atoms with Gasteiger partial charge in [-0.3, -0.25) is 9.48 Å². The standard InChI is InChI=1S/C21H29N5O2/c1-16(2)26-19-8-14-28-15-17(19)18(23-26)6-7-21(27)25-12-10-24(11-13-25)20-5-3-4-9-22-20/h3-5,9,16H,6-8,10-15H2,1-2H3. The first kappa shape index (κ1) is 18.9. The van der Waals surface area contributed by atoms with E-state index in [4.69, 9.17) is 9.84 Å². The predicted molar refractivity (Wildman–Crippen MR) is 107 cm³/mol. The fraction of sp³-hybridized carbons (Fsp3) is 0.571. The van der Waals surface area contributed by atoms with Crippen LogP contribution in [0.4, 0.5) is 5.82 Å². The summed E-state index contributed by atoms with van der Waals surface area (Å²) in [6.07, 6.45) is 3.91. The van der Waals surface area contributed by atoms with Gasteiger partial charge in [0.1, 0.15) is 5.82 Å². The molecular weight excluding hydrogens is 354 g/mol. The van der Waals surface area contributed by atoms with Crippen LogP contribution in [0.5, 0.6) is 0 Å².